The smallest absolute Gasteiger partial charge is 0.142 e. The number of rotatable bonds is 3. The van der Waals surface area contributed by atoms with Crippen LogP contribution in [0.2, 0.25) is 0 Å². The van der Waals surface area contributed by atoms with E-state index in [1.807, 2.05) is 0 Å². The fourth-order valence-electron chi connectivity index (χ4n) is 0.366. The van der Waals surface area contributed by atoms with Gasteiger partial charge in [0.2, 0.25) is 0 Å². The van der Waals surface area contributed by atoms with Crippen LogP contribution in [0.1, 0.15) is 6.92 Å². The molecule has 0 bridgehead atoms. The van der Waals surface area contributed by atoms with Gasteiger partial charge < -0.3 is 12.7 Å². The van der Waals surface area contributed by atoms with Crippen LogP contribution in [0, 0.1) is 0 Å². The fourth-order valence-corrected chi connectivity index (χ4v) is 0.653. The quantitative estimate of drug-likeness (QED) is 0.595. The third kappa shape index (κ3) is 4.73. The minimum absolute atomic E-state index is 0. The maximum Gasteiger partial charge on any atom is 0.142 e. The van der Waals surface area contributed by atoms with Gasteiger partial charge in [-0.3, -0.25) is 4.79 Å². The van der Waals surface area contributed by atoms with Crippen molar-refractivity contribution >= 4 is 16.7 Å². The summed E-state index contributed by atoms with van der Waals surface area (Å²) in [5.41, 5.74) is 0. The van der Waals surface area contributed by atoms with Gasteiger partial charge >= 0.3 is 0 Å². The molecule has 0 saturated heterocycles. The Labute approximate surface area is 55.5 Å². The van der Waals surface area contributed by atoms with E-state index in [1.54, 1.807) is 0 Å². The number of nitrogens with zero attached hydrogens (tertiary/aromatic N) is 1. The fraction of sp³-hybridized carbons (Fsp3) is 0.750. The predicted octanol–water partition coefficient (Wildman–Crippen LogP) is -0.268. The van der Waals surface area contributed by atoms with Crippen LogP contribution in [-0.2, 0) is 24.1 Å². The van der Waals surface area contributed by atoms with Gasteiger partial charge in [0.15, 0.2) is 0 Å². The average molecular weight is 417 g/mol. The van der Waals surface area contributed by atoms with Gasteiger partial charge in [-0.2, -0.15) is 0 Å². The summed E-state index contributed by atoms with van der Waals surface area (Å²) in [6.45, 7) is 1.29. The molecule has 4 nitrogen and oxygen atoms in total. The number of Topliss-reactive ketones (excluding diaryl/α,β-unsaturated/α-hetero) is 1. The minimum atomic E-state index is -2.27. The molecule has 0 aliphatic heterocycles. The molecule has 0 aromatic rings. The van der Waals surface area contributed by atoms with Gasteiger partial charge in [-0.1, -0.05) is 0 Å². The van der Waals surface area contributed by atoms with Crippen molar-refractivity contribution < 1.29 is 13.2 Å². The average Bonchev–Trinajstić information content (AvgIpc) is 1.63. The summed E-state index contributed by atoms with van der Waals surface area (Å²) in [5.74, 6) is -0.165. The minimum Gasteiger partial charge on any atom is -0.409 e. The van der Waals surface area contributed by atoms with E-state index in [0.717, 1.165) is 4.31 Å². The van der Waals surface area contributed by atoms with Crippen LogP contribution >= 0.6 is 0 Å². The van der Waals surface area contributed by atoms with Crippen LogP contribution < -0.4 is 0 Å². The molecule has 0 fully saturated rings. The largest absolute Gasteiger partial charge is 0.409 e. The van der Waals surface area contributed by atoms with Crippen molar-refractivity contribution in [3.63, 3.8) is 0 Å². The van der Waals surface area contributed by atoms with Crippen LogP contribution in [0.5, 0.6) is 0 Å². The molecule has 0 rings (SSSR count). The summed E-state index contributed by atoms with van der Waals surface area (Å²) in [6, 6.07) is 0. The molecule has 0 radical (unpaired) electrons. The number of hydrogen-bond donors (Lipinski definition) is 0. The molecule has 0 unspecified atom stereocenters. The van der Waals surface area contributed by atoms with Gasteiger partial charge in [-0.25, -0.2) is 0 Å². The molecule has 0 aliphatic carbocycles. The number of likely N-dealkylation sites (N-methyl/N-ethyl adjacent to an activating group) is 1. The summed E-state index contributed by atoms with van der Waals surface area (Å²) in [6.07, 6.45) is 0. The molecule has 6 heteroatoms. The SMILES string of the molecule is CC(=O)CN(C)[S-](=O)=O.[Rf]. The monoisotopic (exact) mass is 417 g/mol. The van der Waals surface area contributed by atoms with E-state index in [-0.39, 0.29) is 12.3 Å². The second-order valence-corrected chi connectivity index (χ2v) is 2.76. The van der Waals surface area contributed by atoms with Crippen molar-refractivity contribution in [2.24, 2.45) is 0 Å². The molecule has 0 aromatic carbocycles. The first-order valence-electron chi connectivity index (χ1n) is 2.34. The molecule has 0 aromatic heterocycles. The summed E-state index contributed by atoms with van der Waals surface area (Å²) < 4.78 is 20.9. The number of carbonyl (C=O) groups excluding carboxylic acids is 1. The Hall–Kier alpha value is -1.42. The molecule has 0 spiro atoms. The third-order valence-electron chi connectivity index (χ3n) is 0.700. The number of carbonyl (C=O) groups is 1. The topological polar surface area (TPSA) is 54.5 Å². The van der Waals surface area contributed by atoms with E-state index in [4.69, 9.17) is 0 Å². The van der Waals surface area contributed by atoms with E-state index in [9.17, 15) is 13.2 Å². The van der Waals surface area contributed by atoms with Gasteiger partial charge in [0, 0.05) is 6.54 Å². The molecule has 56 valence electrons. The Kier molecular flexibility index (Phi) is 5.08. The van der Waals surface area contributed by atoms with Crippen LogP contribution in [0.4, 0.5) is 0 Å². The molecular weight excluding hydrogens is 409 g/mol. The van der Waals surface area contributed by atoms with Crippen LogP contribution in [0.25, 0.3) is 0 Å². The molecule has 0 atom stereocenters. The van der Waals surface area contributed by atoms with E-state index >= 15 is 0 Å². The van der Waals surface area contributed by atoms with Crippen LogP contribution in [0.3, 0.4) is 0 Å². The van der Waals surface area contributed by atoms with Crippen LogP contribution in [-0.4, -0.2) is 23.7 Å². The zero-order valence-electron chi connectivity index (χ0n) is 5.99. The Balaban J connectivity index is 0. The first-order chi connectivity index (χ1) is 4.04. The van der Waals surface area contributed by atoms with Crippen molar-refractivity contribution in [1.29, 1.82) is 0 Å². The summed E-state index contributed by atoms with van der Waals surface area (Å²) in [5, 5.41) is 0. The number of hydrogen-bond acceptors (Lipinski definition) is 4. The molecule has 0 N–H and O–H groups in total. The normalized spacial score (nSPS) is 9.60. The zero-order chi connectivity index (χ0) is 7.44. The first-order valence-corrected chi connectivity index (χ1v) is 3.37. The standard InChI is InChI=1S/C4H8NO3S.Rf/c1-4(6)3-5(2)9(7)8;/h3H2,1-2H3;/q-1;. The van der Waals surface area contributed by atoms with Crippen molar-refractivity contribution in [2.75, 3.05) is 13.6 Å². The molecule has 0 heterocycles. The van der Waals surface area contributed by atoms with Gasteiger partial charge in [-0.15, -0.1) is 0 Å². The maximum atomic E-state index is 10.2. The Morgan fingerprint density at radius 3 is 2.00 bits per heavy atom. The molecule has 10 heavy (non-hydrogen) atoms. The third-order valence-corrected chi connectivity index (χ3v) is 1.34. The second kappa shape index (κ2) is 4.46. The number of ketones is 1. The van der Waals surface area contributed by atoms with Crippen molar-refractivity contribution in [2.45, 2.75) is 6.92 Å². The van der Waals surface area contributed by atoms with Crippen molar-refractivity contribution in [3.8, 4) is 0 Å². The van der Waals surface area contributed by atoms with E-state index < -0.39 is 10.9 Å². The van der Waals surface area contributed by atoms with Crippen LogP contribution in [0.15, 0.2) is 0 Å². The van der Waals surface area contributed by atoms with E-state index in [0.29, 0.717) is 0 Å². The van der Waals surface area contributed by atoms with Gasteiger partial charge in [0.1, 0.15) is 5.78 Å². The predicted molar refractivity (Wildman–Crippen MR) is 32.0 cm³/mol. The first kappa shape index (κ1) is 11.4. The Morgan fingerprint density at radius 2 is 1.90 bits per heavy atom. The second-order valence-electron chi connectivity index (χ2n) is 1.71. The van der Waals surface area contributed by atoms with Gasteiger partial charge in [0.25, 0.3) is 0 Å². The summed E-state index contributed by atoms with van der Waals surface area (Å²) >= 11 is 0. The summed E-state index contributed by atoms with van der Waals surface area (Å²) in [4.78, 5) is 10.2. The van der Waals surface area contributed by atoms with Crippen molar-refractivity contribution in [1.82, 2.24) is 4.31 Å². The Morgan fingerprint density at radius 1 is 1.50 bits per heavy atom. The molecule has 0 saturated carbocycles. The molecule has 0 amide bonds. The molecular formula is C4H8NO3RfS-. The maximum absolute atomic E-state index is 10.2. The summed E-state index contributed by atoms with van der Waals surface area (Å²) in [7, 11) is -0.931. The van der Waals surface area contributed by atoms with Gasteiger partial charge in [-0.05, 0) is 24.9 Å². The van der Waals surface area contributed by atoms with Gasteiger partial charge in [0.05, 0.1) is 0 Å². The Bertz CT molecular complexity index is 171. The zero-order valence-corrected chi connectivity index (χ0v) is 13.2. The molecule has 0 aliphatic rings. The van der Waals surface area contributed by atoms with Crippen molar-refractivity contribution in [3.05, 3.63) is 0 Å². The van der Waals surface area contributed by atoms with E-state index in [1.165, 1.54) is 14.0 Å². The van der Waals surface area contributed by atoms with E-state index in [2.05, 4.69) is 0 Å².